The number of thiazole rings is 1. The van der Waals surface area contributed by atoms with Gasteiger partial charge in [-0.3, -0.25) is 14.6 Å². The summed E-state index contributed by atoms with van der Waals surface area (Å²) in [4.78, 5) is 32.2. The number of carbonyl (C=O) groups is 2. The Hall–Kier alpha value is -2.54. The Morgan fingerprint density at radius 1 is 1.28 bits per heavy atom. The number of carbonyl (C=O) groups excluding carboxylic acids is 1. The van der Waals surface area contributed by atoms with Gasteiger partial charge in [0.25, 0.3) is 0 Å². The number of allylic oxidation sites excluding steroid dienone is 2. The summed E-state index contributed by atoms with van der Waals surface area (Å²) in [5, 5.41) is 15.0. The molecule has 7 heteroatoms. The fourth-order valence-electron chi connectivity index (χ4n) is 2.87. The average Bonchev–Trinajstić information content (AvgIpc) is 3.11. The molecule has 2 aromatic heterocycles. The first kappa shape index (κ1) is 17.3. The highest BCUT2D eigenvalue weighted by Gasteiger charge is 2.33. The van der Waals surface area contributed by atoms with E-state index in [1.54, 1.807) is 23.7 Å². The number of rotatable bonds is 6. The number of carboxylic acid groups (broad SMARTS) is 1. The minimum absolute atomic E-state index is 0.195. The van der Waals surface area contributed by atoms with Gasteiger partial charge in [0.15, 0.2) is 0 Å². The van der Waals surface area contributed by atoms with E-state index in [0.717, 1.165) is 16.3 Å². The Labute approximate surface area is 149 Å². The van der Waals surface area contributed by atoms with E-state index < -0.39 is 17.8 Å². The van der Waals surface area contributed by atoms with Crippen molar-refractivity contribution in [2.75, 3.05) is 6.54 Å². The van der Waals surface area contributed by atoms with E-state index in [2.05, 4.69) is 15.3 Å². The minimum atomic E-state index is -0.912. The lowest BCUT2D eigenvalue weighted by atomic mass is 9.82. The van der Waals surface area contributed by atoms with Crippen LogP contribution >= 0.6 is 11.3 Å². The summed E-state index contributed by atoms with van der Waals surface area (Å²) in [5.74, 6) is -2.24. The third-order valence-corrected chi connectivity index (χ3v) is 5.17. The topological polar surface area (TPSA) is 92.2 Å². The van der Waals surface area contributed by atoms with Crippen molar-refractivity contribution in [3.63, 3.8) is 0 Å². The molecule has 6 nitrogen and oxygen atoms in total. The van der Waals surface area contributed by atoms with Gasteiger partial charge >= 0.3 is 5.97 Å². The average molecular weight is 357 g/mol. The van der Waals surface area contributed by atoms with E-state index in [0.29, 0.717) is 25.8 Å². The maximum absolute atomic E-state index is 12.3. The molecule has 2 aromatic rings. The molecule has 0 spiro atoms. The van der Waals surface area contributed by atoms with Crippen molar-refractivity contribution in [2.24, 2.45) is 11.8 Å². The second-order valence-electron chi connectivity index (χ2n) is 5.92. The van der Waals surface area contributed by atoms with Crippen molar-refractivity contribution in [3.05, 3.63) is 47.8 Å². The summed E-state index contributed by atoms with van der Waals surface area (Å²) in [7, 11) is 0. The molecule has 0 aliphatic heterocycles. The van der Waals surface area contributed by atoms with E-state index in [9.17, 15) is 14.7 Å². The molecule has 0 bridgehead atoms. The molecule has 2 N–H and O–H groups in total. The molecule has 0 fully saturated rings. The number of carboxylic acids is 1. The van der Waals surface area contributed by atoms with Crippen molar-refractivity contribution in [2.45, 2.75) is 19.3 Å². The van der Waals surface area contributed by atoms with Crippen LogP contribution in [0.4, 0.5) is 0 Å². The molecule has 3 rings (SSSR count). The van der Waals surface area contributed by atoms with E-state index in [4.69, 9.17) is 0 Å². The fraction of sp³-hybridized carbons (Fsp3) is 0.333. The van der Waals surface area contributed by atoms with Gasteiger partial charge in [-0.1, -0.05) is 12.2 Å². The van der Waals surface area contributed by atoms with Crippen LogP contribution < -0.4 is 5.32 Å². The van der Waals surface area contributed by atoms with Crippen LogP contribution in [0.15, 0.2) is 42.1 Å². The van der Waals surface area contributed by atoms with Crippen molar-refractivity contribution in [3.8, 4) is 10.6 Å². The zero-order chi connectivity index (χ0) is 17.6. The van der Waals surface area contributed by atoms with Gasteiger partial charge in [0.2, 0.25) is 5.91 Å². The molecule has 1 amide bonds. The standard InChI is InChI=1S/C18H19N3O3S/c22-16(14-5-1-2-6-15(14)18(23)24)20-9-7-13-11-25-17(21-13)12-4-3-8-19-10-12/h1-4,8,10-11,14-15H,5-7,9H2,(H,20,22)(H,23,24). The Morgan fingerprint density at radius 2 is 2.08 bits per heavy atom. The Kier molecular flexibility index (Phi) is 5.55. The van der Waals surface area contributed by atoms with Gasteiger partial charge in [0.1, 0.15) is 5.01 Å². The van der Waals surface area contributed by atoms with Crippen molar-refractivity contribution >= 4 is 23.2 Å². The molecular weight excluding hydrogens is 338 g/mol. The van der Waals surface area contributed by atoms with E-state index in [1.807, 2.05) is 29.7 Å². The molecule has 25 heavy (non-hydrogen) atoms. The summed E-state index contributed by atoms with van der Waals surface area (Å²) < 4.78 is 0. The molecule has 2 unspecified atom stereocenters. The first-order valence-corrected chi connectivity index (χ1v) is 9.03. The molecule has 0 saturated carbocycles. The first-order chi connectivity index (χ1) is 12.1. The molecule has 0 aromatic carbocycles. The highest BCUT2D eigenvalue weighted by atomic mass is 32.1. The SMILES string of the molecule is O=C(O)C1CC=CCC1C(=O)NCCc1csc(-c2cccnc2)n1. The monoisotopic (exact) mass is 357 g/mol. The fourth-order valence-corrected chi connectivity index (χ4v) is 3.71. The largest absolute Gasteiger partial charge is 0.481 e. The molecule has 2 atom stereocenters. The summed E-state index contributed by atoms with van der Waals surface area (Å²) >= 11 is 1.54. The number of aliphatic carboxylic acids is 1. The van der Waals surface area contributed by atoms with Crippen LogP contribution in [0.5, 0.6) is 0 Å². The number of nitrogens with one attached hydrogen (secondary N) is 1. The highest BCUT2D eigenvalue weighted by Crippen LogP contribution is 2.26. The normalized spacial score (nSPS) is 19.5. The third-order valence-electron chi connectivity index (χ3n) is 4.23. The molecule has 1 aliphatic rings. The van der Waals surface area contributed by atoms with Gasteiger partial charge in [0, 0.05) is 36.3 Å². The van der Waals surface area contributed by atoms with Gasteiger partial charge in [0.05, 0.1) is 17.5 Å². The summed E-state index contributed by atoms with van der Waals surface area (Å²) in [6.45, 7) is 0.446. The lowest BCUT2D eigenvalue weighted by Gasteiger charge is -2.24. The predicted octanol–water partition coefficient (Wildman–Crippen LogP) is 2.53. The van der Waals surface area contributed by atoms with Gasteiger partial charge in [-0.25, -0.2) is 4.98 Å². The Bertz CT molecular complexity index is 773. The third kappa shape index (κ3) is 4.30. The lowest BCUT2D eigenvalue weighted by Crippen LogP contribution is -2.39. The first-order valence-electron chi connectivity index (χ1n) is 8.15. The molecule has 0 saturated heterocycles. The molecule has 130 valence electrons. The summed E-state index contributed by atoms with van der Waals surface area (Å²) in [5.41, 5.74) is 1.88. The zero-order valence-corrected chi connectivity index (χ0v) is 14.4. The number of pyridine rings is 1. The maximum Gasteiger partial charge on any atom is 0.307 e. The zero-order valence-electron chi connectivity index (χ0n) is 13.6. The van der Waals surface area contributed by atoms with Crippen LogP contribution in [-0.2, 0) is 16.0 Å². The molecular formula is C18H19N3O3S. The second kappa shape index (κ2) is 8.02. The molecule has 0 radical (unpaired) electrons. The Balaban J connectivity index is 1.53. The highest BCUT2D eigenvalue weighted by molar-refractivity contribution is 7.13. The number of amides is 1. The lowest BCUT2D eigenvalue weighted by molar-refractivity contribution is -0.147. The smallest absolute Gasteiger partial charge is 0.307 e. The number of nitrogens with zero attached hydrogens (tertiary/aromatic N) is 2. The number of aromatic nitrogens is 2. The van der Waals surface area contributed by atoms with Gasteiger partial charge in [-0.2, -0.15) is 0 Å². The summed E-state index contributed by atoms with van der Waals surface area (Å²) in [6, 6.07) is 3.83. The second-order valence-corrected chi connectivity index (χ2v) is 6.78. The van der Waals surface area contributed by atoms with Crippen LogP contribution in [0, 0.1) is 11.8 Å². The van der Waals surface area contributed by atoms with E-state index in [1.165, 1.54) is 0 Å². The van der Waals surface area contributed by atoms with Crippen LogP contribution in [0.1, 0.15) is 18.5 Å². The maximum atomic E-state index is 12.3. The molecule has 2 heterocycles. The quantitative estimate of drug-likeness (QED) is 0.775. The van der Waals surface area contributed by atoms with Crippen LogP contribution in [-0.4, -0.2) is 33.5 Å². The van der Waals surface area contributed by atoms with Crippen LogP contribution in [0.3, 0.4) is 0 Å². The van der Waals surface area contributed by atoms with E-state index >= 15 is 0 Å². The van der Waals surface area contributed by atoms with Gasteiger partial charge in [-0.05, 0) is 25.0 Å². The molecule has 1 aliphatic carbocycles. The van der Waals surface area contributed by atoms with Crippen LogP contribution in [0.25, 0.3) is 10.6 Å². The van der Waals surface area contributed by atoms with Crippen molar-refractivity contribution in [1.29, 1.82) is 0 Å². The van der Waals surface area contributed by atoms with Crippen molar-refractivity contribution < 1.29 is 14.7 Å². The van der Waals surface area contributed by atoms with Gasteiger partial charge in [-0.15, -0.1) is 11.3 Å². The summed E-state index contributed by atoms with van der Waals surface area (Å²) in [6.07, 6.45) is 8.70. The van der Waals surface area contributed by atoms with Gasteiger partial charge < -0.3 is 10.4 Å². The number of hydrogen-bond acceptors (Lipinski definition) is 5. The van der Waals surface area contributed by atoms with E-state index in [-0.39, 0.29) is 5.91 Å². The minimum Gasteiger partial charge on any atom is -0.481 e. The van der Waals surface area contributed by atoms with Crippen molar-refractivity contribution in [1.82, 2.24) is 15.3 Å². The van der Waals surface area contributed by atoms with Crippen LogP contribution in [0.2, 0.25) is 0 Å². The Morgan fingerprint density at radius 3 is 2.80 bits per heavy atom. The number of hydrogen-bond donors (Lipinski definition) is 2. The predicted molar refractivity (Wildman–Crippen MR) is 95.0 cm³/mol.